The first-order chi connectivity index (χ1) is 12.3. The molecule has 0 aliphatic heterocycles. The van der Waals surface area contributed by atoms with Gasteiger partial charge in [-0.2, -0.15) is 13.2 Å². The average molecular weight is 364 g/mol. The number of carbonyl (C=O) groups is 1. The number of fused-ring (bicyclic) bond motifs is 1. The molecule has 0 aliphatic carbocycles. The van der Waals surface area contributed by atoms with Gasteiger partial charge in [-0.05, 0) is 36.1 Å². The summed E-state index contributed by atoms with van der Waals surface area (Å²) in [6.07, 6.45) is -3.75. The number of nitrogens with one attached hydrogen (secondary N) is 1. The Morgan fingerprint density at radius 2 is 1.96 bits per heavy atom. The van der Waals surface area contributed by atoms with Gasteiger partial charge in [-0.1, -0.05) is 18.2 Å². The van der Waals surface area contributed by atoms with Crippen LogP contribution in [0.15, 0.2) is 51.9 Å². The van der Waals surface area contributed by atoms with E-state index < -0.39 is 30.7 Å². The molecule has 0 fully saturated rings. The van der Waals surface area contributed by atoms with Crippen LogP contribution in [0.5, 0.6) is 0 Å². The van der Waals surface area contributed by atoms with Gasteiger partial charge in [0, 0.05) is 5.56 Å². The highest BCUT2D eigenvalue weighted by atomic mass is 19.4. The normalized spacial score (nSPS) is 11.7. The number of rotatable bonds is 4. The van der Waals surface area contributed by atoms with Crippen molar-refractivity contribution in [3.05, 3.63) is 69.9 Å². The maximum absolute atomic E-state index is 12.9. The van der Waals surface area contributed by atoms with E-state index in [2.05, 4.69) is 4.98 Å². The summed E-state index contributed by atoms with van der Waals surface area (Å²) in [6.45, 7) is 0.934. The van der Waals surface area contributed by atoms with E-state index in [0.717, 1.165) is 5.56 Å². The van der Waals surface area contributed by atoms with Crippen LogP contribution in [-0.4, -0.2) is 22.0 Å². The number of hydrogen-bond donors (Lipinski definition) is 1. The SMILES string of the molecule is Cc1cccc2cc(CN(Cc3ccco3)C(=O)C(F)(F)F)c(=O)[nH]c12. The van der Waals surface area contributed by atoms with Crippen molar-refractivity contribution in [3.8, 4) is 0 Å². The summed E-state index contributed by atoms with van der Waals surface area (Å²) in [4.78, 5) is 27.3. The molecule has 1 amide bonds. The van der Waals surface area contributed by atoms with Gasteiger partial charge in [0.25, 0.3) is 5.56 Å². The fraction of sp³-hybridized carbons (Fsp3) is 0.222. The minimum atomic E-state index is -5.05. The number of pyridine rings is 1. The number of H-pyrrole nitrogens is 1. The molecule has 1 aromatic carbocycles. The van der Waals surface area contributed by atoms with Crippen LogP contribution in [0, 0.1) is 6.92 Å². The zero-order valence-electron chi connectivity index (χ0n) is 13.8. The van der Waals surface area contributed by atoms with Crippen LogP contribution in [0.1, 0.15) is 16.9 Å². The summed E-state index contributed by atoms with van der Waals surface area (Å²) in [5.41, 5.74) is 0.976. The first-order valence-electron chi connectivity index (χ1n) is 7.75. The topological polar surface area (TPSA) is 66.3 Å². The quantitative estimate of drug-likeness (QED) is 0.770. The number of furan rings is 1. The number of alkyl halides is 3. The third-order valence-electron chi connectivity index (χ3n) is 3.98. The Morgan fingerprint density at radius 3 is 2.62 bits per heavy atom. The van der Waals surface area contributed by atoms with Crippen LogP contribution in [0.4, 0.5) is 13.2 Å². The van der Waals surface area contributed by atoms with E-state index in [1.165, 1.54) is 24.5 Å². The molecule has 2 heterocycles. The summed E-state index contributed by atoms with van der Waals surface area (Å²) in [5.74, 6) is -1.84. The smallest absolute Gasteiger partial charge is 0.467 e. The van der Waals surface area contributed by atoms with Crippen LogP contribution in [-0.2, 0) is 17.9 Å². The Kier molecular flexibility index (Phi) is 4.58. The summed E-state index contributed by atoms with van der Waals surface area (Å²) in [5, 5.41) is 0.678. The lowest BCUT2D eigenvalue weighted by atomic mass is 10.1. The van der Waals surface area contributed by atoms with E-state index in [1.54, 1.807) is 12.1 Å². The number of para-hydroxylation sites is 1. The van der Waals surface area contributed by atoms with Gasteiger partial charge >= 0.3 is 12.1 Å². The minimum absolute atomic E-state index is 0.0623. The maximum atomic E-state index is 12.9. The van der Waals surface area contributed by atoms with Gasteiger partial charge in [0.15, 0.2) is 0 Å². The Hall–Kier alpha value is -3.03. The minimum Gasteiger partial charge on any atom is -0.467 e. The number of hydrogen-bond acceptors (Lipinski definition) is 3. The van der Waals surface area contributed by atoms with E-state index in [1.807, 2.05) is 13.0 Å². The molecule has 3 aromatic rings. The second-order valence-corrected chi connectivity index (χ2v) is 5.90. The summed E-state index contributed by atoms with van der Waals surface area (Å²) >= 11 is 0. The van der Waals surface area contributed by atoms with Crippen LogP contribution in [0.3, 0.4) is 0 Å². The molecule has 0 spiro atoms. The van der Waals surface area contributed by atoms with Crippen LogP contribution in [0.25, 0.3) is 10.9 Å². The Morgan fingerprint density at radius 1 is 1.19 bits per heavy atom. The van der Waals surface area contributed by atoms with Gasteiger partial charge in [-0.3, -0.25) is 9.59 Å². The lowest BCUT2D eigenvalue weighted by molar-refractivity contribution is -0.187. The van der Waals surface area contributed by atoms with E-state index in [-0.39, 0.29) is 11.3 Å². The molecule has 0 atom stereocenters. The highest BCUT2D eigenvalue weighted by molar-refractivity contribution is 5.83. The second-order valence-electron chi connectivity index (χ2n) is 5.90. The molecular weight excluding hydrogens is 349 g/mol. The van der Waals surface area contributed by atoms with E-state index in [9.17, 15) is 22.8 Å². The number of aryl methyl sites for hydroxylation is 1. The van der Waals surface area contributed by atoms with Crippen molar-refractivity contribution in [3.63, 3.8) is 0 Å². The third-order valence-corrected chi connectivity index (χ3v) is 3.98. The van der Waals surface area contributed by atoms with Crippen molar-refractivity contribution < 1.29 is 22.4 Å². The molecule has 3 rings (SSSR count). The number of nitrogens with zero attached hydrogens (tertiary/aromatic N) is 1. The number of aromatic nitrogens is 1. The molecule has 0 saturated carbocycles. The lowest BCUT2D eigenvalue weighted by Crippen LogP contribution is -2.41. The van der Waals surface area contributed by atoms with Crippen molar-refractivity contribution in [1.82, 2.24) is 9.88 Å². The molecule has 0 saturated heterocycles. The molecule has 5 nitrogen and oxygen atoms in total. The molecule has 136 valence electrons. The van der Waals surface area contributed by atoms with Crippen molar-refractivity contribution in [2.45, 2.75) is 26.2 Å². The second kappa shape index (κ2) is 6.70. The summed E-state index contributed by atoms with van der Waals surface area (Å²) in [7, 11) is 0. The van der Waals surface area contributed by atoms with Crippen molar-refractivity contribution in [2.24, 2.45) is 0 Å². The molecule has 2 aromatic heterocycles. The van der Waals surface area contributed by atoms with Crippen LogP contribution in [0.2, 0.25) is 0 Å². The lowest BCUT2D eigenvalue weighted by Gasteiger charge is -2.22. The Bertz CT molecular complexity index is 991. The summed E-state index contributed by atoms with van der Waals surface area (Å²) < 4.78 is 43.8. The van der Waals surface area contributed by atoms with Gasteiger partial charge in [0.1, 0.15) is 5.76 Å². The number of benzene rings is 1. The van der Waals surface area contributed by atoms with Gasteiger partial charge in [-0.15, -0.1) is 0 Å². The van der Waals surface area contributed by atoms with E-state index >= 15 is 0 Å². The molecule has 0 bridgehead atoms. The monoisotopic (exact) mass is 364 g/mol. The largest absolute Gasteiger partial charge is 0.471 e. The first kappa shape index (κ1) is 17.8. The number of halogens is 3. The number of amides is 1. The van der Waals surface area contributed by atoms with Gasteiger partial charge in [0.2, 0.25) is 0 Å². The molecule has 1 N–H and O–H groups in total. The molecule has 8 heteroatoms. The standard InChI is InChI=1S/C18H15F3N2O3/c1-11-4-2-5-12-8-13(16(24)22-15(11)12)9-23(17(25)18(19,20)21)10-14-6-3-7-26-14/h2-8H,9-10H2,1H3,(H,22,24). The highest BCUT2D eigenvalue weighted by Gasteiger charge is 2.42. The predicted octanol–water partition coefficient (Wildman–Crippen LogP) is 3.52. The molecule has 26 heavy (non-hydrogen) atoms. The predicted molar refractivity (Wildman–Crippen MR) is 88.3 cm³/mol. The average Bonchev–Trinajstić information content (AvgIpc) is 3.07. The van der Waals surface area contributed by atoms with E-state index in [4.69, 9.17) is 4.42 Å². The zero-order valence-corrected chi connectivity index (χ0v) is 13.8. The fourth-order valence-corrected chi connectivity index (χ4v) is 2.72. The highest BCUT2D eigenvalue weighted by Crippen LogP contribution is 2.22. The fourth-order valence-electron chi connectivity index (χ4n) is 2.72. The van der Waals surface area contributed by atoms with Crippen molar-refractivity contribution >= 4 is 16.8 Å². The Labute approximate surface area is 146 Å². The molecule has 0 radical (unpaired) electrons. The number of carbonyl (C=O) groups excluding carboxylic acids is 1. The van der Waals surface area contributed by atoms with Crippen LogP contribution < -0.4 is 5.56 Å². The van der Waals surface area contributed by atoms with Gasteiger partial charge in [0.05, 0.1) is 24.9 Å². The number of aromatic amines is 1. The van der Waals surface area contributed by atoms with Gasteiger partial charge in [-0.25, -0.2) is 0 Å². The van der Waals surface area contributed by atoms with Gasteiger partial charge < -0.3 is 14.3 Å². The molecular formula is C18H15F3N2O3. The third kappa shape index (κ3) is 3.63. The maximum Gasteiger partial charge on any atom is 0.471 e. The zero-order chi connectivity index (χ0) is 18.9. The summed E-state index contributed by atoms with van der Waals surface area (Å²) in [6, 6.07) is 9.81. The van der Waals surface area contributed by atoms with E-state index in [0.29, 0.717) is 15.8 Å². The van der Waals surface area contributed by atoms with Crippen LogP contribution >= 0.6 is 0 Å². The molecule has 0 unspecified atom stereocenters. The Balaban J connectivity index is 1.98. The van der Waals surface area contributed by atoms with Crippen molar-refractivity contribution in [2.75, 3.05) is 0 Å². The first-order valence-corrected chi connectivity index (χ1v) is 7.75. The van der Waals surface area contributed by atoms with Crippen molar-refractivity contribution in [1.29, 1.82) is 0 Å². The molecule has 0 aliphatic rings.